The van der Waals surface area contributed by atoms with Gasteiger partial charge >= 0.3 is 0 Å². The Labute approximate surface area is 96.1 Å². The molecule has 0 heterocycles. The molecule has 1 unspecified atom stereocenters. The zero-order valence-electron chi connectivity index (χ0n) is 9.76. The number of benzene rings is 1. The Morgan fingerprint density at radius 3 is 2.81 bits per heavy atom. The van der Waals surface area contributed by atoms with E-state index in [9.17, 15) is 4.39 Å². The minimum Gasteiger partial charge on any atom is -0.309 e. The van der Waals surface area contributed by atoms with Crippen LogP contribution in [0.25, 0.3) is 0 Å². The molecule has 2 nitrogen and oxygen atoms in total. The van der Waals surface area contributed by atoms with Gasteiger partial charge in [-0.15, -0.1) is 0 Å². The maximum Gasteiger partial charge on any atom is 0.126 e. The number of nitriles is 1. The molecular weight excluding hydrogens is 203 g/mol. The molecule has 0 aromatic heterocycles. The van der Waals surface area contributed by atoms with Crippen molar-refractivity contribution in [2.75, 3.05) is 0 Å². The molecule has 0 saturated carbocycles. The summed E-state index contributed by atoms with van der Waals surface area (Å²) < 4.78 is 13.0. The second-order valence-corrected chi connectivity index (χ2v) is 3.93. The maximum atomic E-state index is 13.0. The Morgan fingerprint density at radius 2 is 2.25 bits per heavy atom. The lowest BCUT2D eigenvalue weighted by Crippen LogP contribution is -2.27. The van der Waals surface area contributed by atoms with E-state index in [2.05, 4.69) is 11.4 Å². The van der Waals surface area contributed by atoms with Crippen LogP contribution in [-0.2, 0) is 6.54 Å². The van der Waals surface area contributed by atoms with Crippen molar-refractivity contribution in [1.82, 2.24) is 5.32 Å². The molecule has 0 radical (unpaired) electrons. The largest absolute Gasteiger partial charge is 0.309 e. The first-order chi connectivity index (χ1) is 7.67. The normalized spacial score (nSPS) is 12.1. The molecule has 0 aliphatic heterocycles. The smallest absolute Gasteiger partial charge is 0.126 e. The van der Waals surface area contributed by atoms with E-state index in [1.807, 2.05) is 13.0 Å². The zero-order valence-corrected chi connectivity index (χ0v) is 9.76. The van der Waals surface area contributed by atoms with Crippen molar-refractivity contribution < 1.29 is 4.39 Å². The topological polar surface area (TPSA) is 35.8 Å². The maximum absolute atomic E-state index is 13.0. The molecule has 1 aromatic carbocycles. The average Bonchev–Trinajstić information content (AvgIpc) is 2.28. The molecule has 0 aliphatic rings. The highest BCUT2D eigenvalue weighted by molar-refractivity contribution is 5.23. The fourth-order valence-electron chi connectivity index (χ4n) is 1.55. The van der Waals surface area contributed by atoms with E-state index in [1.165, 1.54) is 6.07 Å². The lowest BCUT2D eigenvalue weighted by Gasteiger charge is -2.13. The summed E-state index contributed by atoms with van der Waals surface area (Å²) in [6.45, 7) is 4.48. The van der Waals surface area contributed by atoms with Crippen LogP contribution in [0.1, 0.15) is 30.9 Å². The van der Waals surface area contributed by atoms with Crippen molar-refractivity contribution >= 4 is 0 Å². The number of halogens is 1. The Balaban J connectivity index is 2.54. The lowest BCUT2D eigenvalue weighted by atomic mass is 10.1. The number of nitrogens with zero attached hydrogens (tertiary/aromatic N) is 1. The highest BCUT2D eigenvalue weighted by Crippen LogP contribution is 2.09. The molecule has 16 heavy (non-hydrogen) atoms. The van der Waals surface area contributed by atoms with Gasteiger partial charge in [0.2, 0.25) is 0 Å². The summed E-state index contributed by atoms with van der Waals surface area (Å²) in [5, 5.41) is 11.9. The molecule has 0 spiro atoms. The standard InChI is InChI=1S/C13H17FN2/c1-3-12(6-7-15)16-9-11-4-5-13(14)10(2)8-11/h4-5,8,12,16H,3,6,9H2,1-2H3. The monoisotopic (exact) mass is 220 g/mol. The molecule has 0 bridgehead atoms. The van der Waals surface area contributed by atoms with Gasteiger partial charge < -0.3 is 5.32 Å². The van der Waals surface area contributed by atoms with E-state index in [4.69, 9.17) is 5.26 Å². The number of aryl methyl sites for hydroxylation is 1. The summed E-state index contributed by atoms with van der Waals surface area (Å²) in [5.41, 5.74) is 1.71. The van der Waals surface area contributed by atoms with E-state index >= 15 is 0 Å². The van der Waals surface area contributed by atoms with Crippen LogP contribution in [0.4, 0.5) is 4.39 Å². The number of hydrogen-bond acceptors (Lipinski definition) is 2. The molecule has 0 aliphatic carbocycles. The van der Waals surface area contributed by atoms with Gasteiger partial charge in [0.25, 0.3) is 0 Å². The molecule has 3 heteroatoms. The van der Waals surface area contributed by atoms with Gasteiger partial charge in [-0.2, -0.15) is 5.26 Å². The number of rotatable bonds is 5. The Bertz CT molecular complexity index is 382. The highest BCUT2D eigenvalue weighted by atomic mass is 19.1. The molecule has 0 fully saturated rings. The Morgan fingerprint density at radius 1 is 1.50 bits per heavy atom. The summed E-state index contributed by atoms with van der Waals surface area (Å²) in [6, 6.07) is 7.46. The summed E-state index contributed by atoms with van der Waals surface area (Å²) >= 11 is 0. The van der Waals surface area contributed by atoms with Crippen LogP contribution in [-0.4, -0.2) is 6.04 Å². The third-order valence-electron chi connectivity index (χ3n) is 2.65. The van der Waals surface area contributed by atoms with Crippen LogP contribution in [0.5, 0.6) is 0 Å². The van der Waals surface area contributed by atoms with Crippen LogP contribution in [0.2, 0.25) is 0 Å². The first-order valence-corrected chi connectivity index (χ1v) is 5.52. The minimum atomic E-state index is -0.173. The predicted octanol–water partition coefficient (Wildman–Crippen LogP) is 2.92. The van der Waals surface area contributed by atoms with E-state index in [0.717, 1.165) is 12.0 Å². The summed E-state index contributed by atoms with van der Waals surface area (Å²) in [6.07, 6.45) is 1.43. The van der Waals surface area contributed by atoms with E-state index < -0.39 is 0 Å². The van der Waals surface area contributed by atoms with Crippen LogP contribution in [0, 0.1) is 24.1 Å². The third kappa shape index (κ3) is 3.63. The molecule has 0 amide bonds. The molecule has 0 saturated heterocycles. The van der Waals surface area contributed by atoms with E-state index in [-0.39, 0.29) is 11.9 Å². The van der Waals surface area contributed by atoms with Crippen molar-refractivity contribution in [3.63, 3.8) is 0 Å². The quantitative estimate of drug-likeness (QED) is 0.828. The van der Waals surface area contributed by atoms with E-state index in [0.29, 0.717) is 18.5 Å². The second kappa shape index (κ2) is 6.24. The Hall–Kier alpha value is -1.40. The first-order valence-electron chi connectivity index (χ1n) is 5.52. The van der Waals surface area contributed by atoms with Crippen molar-refractivity contribution in [1.29, 1.82) is 5.26 Å². The SMILES string of the molecule is CCC(CC#N)NCc1ccc(F)c(C)c1. The third-order valence-corrected chi connectivity index (χ3v) is 2.65. The fourth-order valence-corrected chi connectivity index (χ4v) is 1.55. The van der Waals surface area contributed by atoms with Gasteiger partial charge in [0, 0.05) is 12.6 Å². The minimum absolute atomic E-state index is 0.173. The molecule has 86 valence electrons. The molecule has 1 atom stereocenters. The van der Waals surface area contributed by atoms with E-state index in [1.54, 1.807) is 13.0 Å². The van der Waals surface area contributed by atoms with Gasteiger partial charge in [0.1, 0.15) is 5.82 Å². The fraction of sp³-hybridized carbons (Fsp3) is 0.462. The van der Waals surface area contributed by atoms with Gasteiger partial charge in [-0.05, 0) is 30.5 Å². The van der Waals surface area contributed by atoms with Crippen LogP contribution < -0.4 is 5.32 Å². The van der Waals surface area contributed by atoms with Crippen molar-refractivity contribution in [3.05, 3.63) is 35.1 Å². The van der Waals surface area contributed by atoms with Gasteiger partial charge in [0.05, 0.1) is 12.5 Å². The number of nitrogens with one attached hydrogen (secondary N) is 1. The van der Waals surface area contributed by atoms with Crippen LogP contribution in [0.15, 0.2) is 18.2 Å². The van der Waals surface area contributed by atoms with Crippen LogP contribution >= 0.6 is 0 Å². The van der Waals surface area contributed by atoms with Gasteiger partial charge in [-0.1, -0.05) is 19.1 Å². The predicted molar refractivity (Wildman–Crippen MR) is 62.3 cm³/mol. The lowest BCUT2D eigenvalue weighted by molar-refractivity contribution is 0.504. The average molecular weight is 220 g/mol. The van der Waals surface area contributed by atoms with Gasteiger partial charge in [-0.3, -0.25) is 0 Å². The highest BCUT2D eigenvalue weighted by Gasteiger charge is 2.05. The van der Waals surface area contributed by atoms with Crippen LogP contribution in [0.3, 0.4) is 0 Å². The van der Waals surface area contributed by atoms with Gasteiger partial charge in [0.15, 0.2) is 0 Å². The summed E-state index contributed by atoms with van der Waals surface area (Å²) in [5.74, 6) is -0.173. The molecule has 1 N–H and O–H groups in total. The molecule has 1 rings (SSSR count). The van der Waals surface area contributed by atoms with Gasteiger partial charge in [-0.25, -0.2) is 4.39 Å². The first kappa shape index (κ1) is 12.7. The van der Waals surface area contributed by atoms with Crippen molar-refractivity contribution in [3.8, 4) is 6.07 Å². The molecular formula is C13H17FN2. The number of hydrogen-bond donors (Lipinski definition) is 1. The summed E-state index contributed by atoms with van der Waals surface area (Å²) in [7, 11) is 0. The van der Waals surface area contributed by atoms with Crippen molar-refractivity contribution in [2.24, 2.45) is 0 Å². The Kier molecular flexibility index (Phi) is 4.94. The molecule has 1 aromatic rings. The van der Waals surface area contributed by atoms with Crippen molar-refractivity contribution in [2.45, 2.75) is 39.3 Å². The summed E-state index contributed by atoms with van der Waals surface area (Å²) in [4.78, 5) is 0. The zero-order chi connectivity index (χ0) is 12.0. The second-order valence-electron chi connectivity index (χ2n) is 3.93.